The van der Waals surface area contributed by atoms with Gasteiger partial charge in [-0.15, -0.1) is 0 Å². The predicted molar refractivity (Wildman–Crippen MR) is 105 cm³/mol. The van der Waals surface area contributed by atoms with Crippen molar-refractivity contribution in [3.8, 4) is 0 Å². The van der Waals surface area contributed by atoms with Crippen LogP contribution in [0.25, 0.3) is 0 Å². The fourth-order valence-electron chi connectivity index (χ4n) is 3.14. The van der Waals surface area contributed by atoms with E-state index < -0.39 is 0 Å². The molecule has 0 aliphatic carbocycles. The molecule has 5 heteroatoms. The van der Waals surface area contributed by atoms with Gasteiger partial charge in [-0.2, -0.15) is 4.98 Å². The van der Waals surface area contributed by atoms with Gasteiger partial charge in [-0.25, -0.2) is 4.98 Å². The van der Waals surface area contributed by atoms with Crippen LogP contribution in [0.2, 0.25) is 0 Å². The molecule has 0 saturated heterocycles. The van der Waals surface area contributed by atoms with Gasteiger partial charge in [0, 0.05) is 35.0 Å². The van der Waals surface area contributed by atoms with Crippen molar-refractivity contribution in [2.75, 3.05) is 16.8 Å². The lowest BCUT2D eigenvalue weighted by Crippen LogP contribution is -2.31. The molecular weight excluding hydrogens is 376 g/mol. The molecule has 0 atom stereocenters. The van der Waals surface area contributed by atoms with Crippen LogP contribution in [0.4, 0.5) is 17.5 Å². The Kier molecular flexibility index (Phi) is 4.40. The highest BCUT2D eigenvalue weighted by Crippen LogP contribution is 2.27. The van der Waals surface area contributed by atoms with E-state index in [0.717, 1.165) is 41.2 Å². The molecule has 0 bridgehead atoms. The number of rotatable bonds is 3. The van der Waals surface area contributed by atoms with Gasteiger partial charge in [-0.3, -0.25) is 0 Å². The lowest BCUT2D eigenvalue weighted by Gasteiger charge is -2.30. The topological polar surface area (TPSA) is 41.1 Å². The quantitative estimate of drug-likeness (QED) is 0.688. The number of aromatic nitrogens is 2. The van der Waals surface area contributed by atoms with Crippen LogP contribution in [0.1, 0.15) is 16.8 Å². The Bertz CT molecular complexity index is 895. The zero-order valence-corrected chi connectivity index (χ0v) is 15.6. The number of benzene rings is 2. The minimum atomic E-state index is 0.641. The average molecular weight is 395 g/mol. The van der Waals surface area contributed by atoms with Gasteiger partial charge in [0.25, 0.3) is 0 Å². The number of para-hydroxylation sites is 1. The highest BCUT2D eigenvalue weighted by Gasteiger charge is 2.18. The van der Waals surface area contributed by atoms with Crippen LogP contribution in [0.15, 0.2) is 59.1 Å². The number of halogens is 1. The minimum Gasteiger partial charge on any atom is -0.352 e. The maximum absolute atomic E-state index is 4.74. The van der Waals surface area contributed by atoms with Crippen molar-refractivity contribution in [2.45, 2.75) is 19.9 Å². The molecule has 3 aromatic rings. The molecule has 4 rings (SSSR count). The van der Waals surface area contributed by atoms with Crippen molar-refractivity contribution in [3.63, 3.8) is 0 Å². The Balaban J connectivity index is 1.59. The lowest BCUT2D eigenvalue weighted by molar-refractivity contribution is 0.718. The second-order valence-electron chi connectivity index (χ2n) is 6.27. The normalized spacial score (nSPS) is 13.4. The molecule has 0 radical (unpaired) electrons. The van der Waals surface area contributed by atoms with Crippen molar-refractivity contribution in [1.82, 2.24) is 9.97 Å². The smallest absolute Gasteiger partial charge is 0.229 e. The molecule has 1 aliphatic rings. The molecule has 2 aromatic carbocycles. The van der Waals surface area contributed by atoms with E-state index in [2.05, 4.69) is 55.4 Å². The summed E-state index contributed by atoms with van der Waals surface area (Å²) < 4.78 is 1.15. The molecule has 2 heterocycles. The number of anilines is 3. The van der Waals surface area contributed by atoms with Crippen LogP contribution < -0.4 is 10.2 Å². The Morgan fingerprint density at radius 2 is 1.84 bits per heavy atom. The first-order valence-electron chi connectivity index (χ1n) is 8.37. The van der Waals surface area contributed by atoms with E-state index in [1.165, 1.54) is 11.1 Å². The Morgan fingerprint density at radius 1 is 1.00 bits per heavy atom. The van der Waals surface area contributed by atoms with Crippen LogP contribution in [0.3, 0.4) is 0 Å². The highest BCUT2D eigenvalue weighted by molar-refractivity contribution is 9.10. The largest absolute Gasteiger partial charge is 0.352 e. The van der Waals surface area contributed by atoms with Crippen LogP contribution in [-0.4, -0.2) is 16.5 Å². The van der Waals surface area contributed by atoms with Crippen LogP contribution in [0, 0.1) is 6.92 Å². The maximum Gasteiger partial charge on any atom is 0.229 e. The summed E-state index contributed by atoms with van der Waals surface area (Å²) in [5.41, 5.74) is 4.74. The molecule has 0 amide bonds. The van der Waals surface area contributed by atoms with Gasteiger partial charge >= 0.3 is 0 Å². The third-order valence-electron chi connectivity index (χ3n) is 4.38. The number of fused-ring (bicyclic) bond motifs is 1. The summed E-state index contributed by atoms with van der Waals surface area (Å²) in [6.07, 6.45) is 1.03. The molecule has 0 spiro atoms. The van der Waals surface area contributed by atoms with Crippen molar-refractivity contribution >= 4 is 33.4 Å². The fourth-order valence-corrected chi connectivity index (χ4v) is 3.55. The summed E-state index contributed by atoms with van der Waals surface area (Å²) in [7, 11) is 0. The maximum atomic E-state index is 4.74. The highest BCUT2D eigenvalue weighted by atomic mass is 79.9. The van der Waals surface area contributed by atoms with Crippen LogP contribution >= 0.6 is 15.9 Å². The SMILES string of the molecule is Cc1cc(N2CCc3cc(Br)ccc3C2)nc(Nc2ccccc2)n1. The van der Waals surface area contributed by atoms with E-state index in [-0.39, 0.29) is 0 Å². The van der Waals surface area contributed by atoms with Crippen molar-refractivity contribution in [3.05, 3.63) is 75.9 Å². The van der Waals surface area contributed by atoms with Crippen molar-refractivity contribution in [2.24, 2.45) is 0 Å². The third kappa shape index (κ3) is 3.66. The van der Waals surface area contributed by atoms with E-state index in [1.54, 1.807) is 0 Å². The number of nitrogens with zero attached hydrogens (tertiary/aromatic N) is 3. The van der Waals surface area contributed by atoms with Gasteiger partial charge in [-0.05, 0) is 48.7 Å². The standard InChI is InChI=1S/C20H19BrN4/c1-14-11-19(24-20(22-14)23-18-5-3-2-4-6-18)25-10-9-15-12-17(21)8-7-16(15)13-25/h2-8,11-12H,9-10,13H2,1H3,(H,22,23,24). The Labute approximate surface area is 156 Å². The fraction of sp³-hybridized carbons (Fsp3) is 0.200. The number of hydrogen-bond donors (Lipinski definition) is 1. The summed E-state index contributed by atoms with van der Waals surface area (Å²) >= 11 is 3.56. The molecule has 1 aromatic heterocycles. The Morgan fingerprint density at radius 3 is 2.68 bits per heavy atom. The molecule has 126 valence electrons. The first-order chi connectivity index (χ1) is 12.2. The first-order valence-corrected chi connectivity index (χ1v) is 9.17. The zero-order chi connectivity index (χ0) is 17.2. The van der Waals surface area contributed by atoms with E-state index in [1.807, 2.05) is 37.3 Å². The second-order valence-corrected chi connectivity index (χ2v) is 7.18. The summed E-state index contributed by atoms with van der Waals surface area (Å²) in [6.45, 7) is 3.85. The second kappa shape index (κ2) is 6.84. The average Bonchev–Trinajstić information content (AvgIpc) is 2.61. The van der Waals surface area contributed by atoms with Gasteiger partial charge in [0.2, 0.25) is 5.95 Å². The van der Waals surface area contributed by atoms with Gasteiger partial charge in [0.15, 0.2) is 0 Å². The van der Waals surface area contributed by atoms with E-state index in [0.29, 0.717) is 5.95 Å². The summed E-state index contributed by atoms with van der Waals surface area (Å²) in [5, 5.41) is 3.30. The molecular formula is C20H19BrN4. The number of aryl methyl sites for hydroxylation is 1. The molecule has 0 fully saturated rings. The van der Waals surface area contributed by atoms with Gasteiger partial charge in [0.1, 0.15) is 5.82 Å². The van der Waals surface area contributed by atoms with Crippen molar-refractivity contribution < 1.29 is 0 Å². The lowest BCUT2D eigenvalue weighted by atomic mass is 10.00. The molecule has 0 saturated carbocycles. The molecule has 1 aliphatic heterocycles. The number of nitrogens with one attached hydrogen (secondary N) is 1. The zero-order valence-electron chi connectivity index (χ0n) is 14.0. The monoisotopic (exact) mass is 394 g/mol. The molecule has 1 N–H and O–H groups in total. The van der Waals surface area contributed by atoms with Crippen LogP contribution in [0.5, 0.6) is 0 Å². The summed E-state index contributed by atoms with van der Waals surface area (Å²) in [5.74, 6) is 1.61. The molecule has 4 nitrogen and oxygen atoms in total. The number of hydrogen-bond acceptors (Lipinski definition) is 4. The van der Waals surface area contributed by atoms with Gasteiger partial charge < -0.3 is 10.2 Å². The third-order valence-corrected chi connectivity index (χ3v) is 4.87. The van der Waals surface area contributed by atoms with Gasteiger partial charge in [0.05, 0.1) is 0 Å². The molecule has 0 unspecified atom stereocenters. The van der Waals surface area contributed by atoms with Crippen molar-refractivity contribution in [1.29, 1.82) is 0 Å². The van der Waals surface area contributed by atoms with Gasteiger partial charge in [-0.1, -0.05) is 40.2 Å². The minimum absolute atomic E-state index is 0.641. The van der Waals surface area contributed by atoms with E-state index in [9.17, 15) is 0 Å². The molecule has 25 heavy (non-hydrogen) atoms. The van der Waals surface area contributed by atoms with Crippen LogP contribution in [-0.2, 0) is 13.0 Å². The predicted octanol–water partition coefficient (Wildman–Crippen LogP) is 4.85. The Hall–Kier alpha value is -2.40. The summed E-state index contributed by atoms with van der Waals surface area (Å²) in [6, 6.07) is 18.6. The van der Waals surface area contributed by atoms with E-state index >= 15 is 0 Å². The summed E-state index contributed by atoms with van der Waals surface area (Å²) in [4.78, 5) is 11.6. The van der Waals surface area contributed by atoms with E-state index in [4.69, 9.17) is 4.98 Å². The first kappa shape index (κ1) is 16.1.